The van der Waals surface area contributed by atoms with Gasteiger partial charge in [0.1, 0.15) is 11.2 Å². The zero-order chi connectivity index (χ0) is 15.8. The predicted octanol–water partition coefficient (Wildman–Crippen LogP) is 3.54. The Morgan fingerprint density at radius 3 is 2.48 bits per heavy atom. The number of aryl methyl sites for hydroxylation is 1. The lowest BCUT2D eigenvalue weighted by Crippen LogP contribution is -2.37. The van der Waals surface area contributed by atoms with Crippen LogP contribution in [0.15, 0.2) is 12.1 Å². The molecular formula is C11H6ClF5N4. The van der Waals surface area contributed by atoms with Gasteiger partial charge in [-0.1, -0.05) is 11.6 Å². The Morgan fingerprint density at radius 2 is 1.90 bits per heavy atom. The summed E-state index contributed by atoms with van der Waals surface area (Å²) in [6.07, 6.45) is -7.15. The Labute approximate surface area is 119 Å². The molecular weight excluding hydrogens is 319 g/mol. The van der Waals surface area contributed by atoms with Crippen LogP contribution in [0.5, 0.6) is 0 Å². The van der Waals surface area contributed by atoms with Gasteiger partial charge in [0.15, 0.2) is 11.3 Å². The minimum Gasteiger partial charge on any atom is -0.246 e. The van der Waals surface area contributed by atoms with Gasteiger partial charge in [0, 0.05) is 13.0 Å². The summed E-state index contributed by atoms with van der Waals surface area (Å²) in [6.45, 7) is -0.752. The quantitative estimate of drug-likeness (QED) is 0.641. The maximum Gasteiger partial charge on any atom is 0.453 e. The number of rotatable bonds is 3. The van der Waals surface area contributed by atoms with Crippen molar-refractivity contribution in [1.29, 1.82) is 5.26 Å². The van der Waals surface area contributed by atoms with Crippen LogP contribution in [0.1, 0.15) is 12.1 Å². The second-order valence-electron chi connectivity index (χ2n) is 4.14. The number of nitriles is 1. The van der Waals surface area contributed by atoms with E-state index in [1.807, 2.05) is 0 Å². The van der Waals surface area contributed by atoms with Crippen molar-refractivity contribution < 1.29 is 22.0 Å². The van der Waals surface area contributed by atoms with Gasteiger partial charge in [0.2, 0.25) is 0 Å². The van der Waals surface area contributed by atoms with Crippen molar-refractivity contribution in [1.82, 2.24) is 14.8 Å². The molecule has 0 N–H and O–H groups in total. The van der Waals surface area contributed by atoms with Crippen molar-refractivity contribution in [3.8, 4) is 6.07 Å². The van der Waals surface area contributed by atoms with Gasteiger partial charge in [-0.25, -0.2) is 9.67 Å². The normalized spacial score (nSPS) is 12.6. The predicted molar refractivity (Wildman–Crippen MR) is 62.9 cm³/mol. The minimum absolute atomic E-state index is 0.00993. The molecule has 0 fully saturated rings. The summed E-state index contributed by atoms with van der Waals surface area (Å²) in [6, 6.07) is 4.47. The average Bonchev–Trinajstić information content (AvgIpc) is 2.72. The molecule has 112 valence electrons. The van der Waals surface area contributed by atoms with Gasteiger partial charge in [-0.2, -0.15) is 32.3 Å². The number of pyridine rings is 1. The molecule has 2 aromatic rings. The Morgan fingerprint density at radius 1 is 1.24 bits per heavy atom. The van der Waals surface area contributed by atoms with Gasteiger partial charge >= 0.3 is 12.1 Å². The highest BCUT2D eigenvalue weighted by atomic mass is 35.5. The molecule has 2 aromatic heterocycles. The summed E-state index contributed by atoms with van der Waals surface area (Å²) in [5, 5.41) is 12.8. The third-order valence-corrected chi connectivity index (χ3v) is 2.93. The maximum absolute atomic E-state index is 12.9. The molecule has 0 aliphatic rings. The van der Waals surface area contributed by atoms with E-state index in [0.29, 0.717) is 0 Å². The largest absolute Gasteiger partial charge is 0.453 e. The molecule has 0 bridgehead atoms. The molecule has 0 aliphatic carbocycles. The molecule has 0 unspecified atom stereocenters. The Hall–Kier alpha value is -1.95. The summed E-state index contributed by atoms with van der Waals surface area (Å²) in [7, 11) is 0. The summed E-state index contributed by atoms with van der Waals surface area (Å²) < 4.78 is 63.0. The third kappa shape index (κ3) is 2.90. The molecule has 0 amide bonds. The van der Waals surface area contributed by atoms with E-state index < -0.39 is 25.1 Å². The Balaban J connectivity index is 2.36. The van der Waals surface area contributed by atoms with Crippen molar-refractivity contribution in [2.75, 3.05) is 0 Å². The van der Waals surface area contributed by atoms with Crippen LogP contribution in [0.2, 0.25) is 5.15 Å². The van der Waals surface area contributed by atoms with Crippen LogP contribution < -0.4 is 0 Å². The SMILES string of the molecule is N#Cc1nn(CCC(F)(F)C(F)(F)F)c2nc(Cl)ccc12. The van der Waals surface area contributed by atoms with Crippen LogP contribution in [-0.2, 0) is 6.54 Å². The van der Waals surface area contributed by atoms with Crippen LogP contribution in [0, 0.1) is 11.3 Å². The van der Waals surface area contributed by atoms with E-state index in [2.05, 4.69) is 10.1 Å². The third-order valence-electron chi connectivity index (χ3n) is 2.72. The Bertz CT molecular complexity index is 716. The first-order valence-corrected chi connectivity index (χ1v) is 5.91. The molecule has 10 heteroatoms. The van der Waals surface area contributed by atoms with E-state index in [1.165, 1.54) is 12.1 Å². The molecule has 0 aromatic carbocycles. The second kappa shape index (κ2) is 5.11. The summed E-state index contributed by atoms with van der Waals surface area (Å²) in [5.74, 6) is -4.85. The number of hydrogen-bond acceptors (Lipinski definition) is 3. The molecule has 0 aliphatic heterocycles. The van der Waals surface area contributed by atoms with Gasteiger partial charge in [-0.15, -0.1) is 0 Å². The maximum atomic E-state index is 12.9. The Kier molecular flexibility index (Phi) is 3.76. The zero-order valence-electron chi connectivity index (χ0n) is 10.1. The highest BCUT2D eigenvalue weighted by Gasteiger charge is 2.56. The molecule has 4 nitrogen and oxygen atoms in total. The molecule has 0 spiro atoms. The molecule has 2 rings (SSSR count). The first-order valence-electron chi connectivity index (χ1n) is 5.53. The van der Waals surface area contributed by atoms with Crippen LogP contribution in [0.3, 0.4) is 0 Å². The van der Waals surface area contributed by atoms with Crippen molar-refractivity contribution in [3.05, 3.63) is 23.0 Å². The molecule has 0 radical (unpaired) electrons. The van der Waals surface area contributed by atoms with Crippen LogP contribution in [-0.4, -0.2) is 26.9 Å². The van der Waals surface area contributed by atoms with Crippen molar-refractivity contribution >= 4 is 22.6 Å². The first-order chi connectivity index (χ1) is 9.65. The van der Waals surface area contributed by atoms with E-state index in [0.717, 1.165) is 4.68 Å². The molecule has 0 saturated carbocycles. The lowest BCUT2D eigenvalue weighted by Gasteiger charge is -2.19. The van der Waals surface area contributed by atoms with Crippen molar-refractivity contribution in [3.63, 3.8) is 0 Å². The fraction of sp³-hybridized carbons (Fsp3) is 0.364. The van der Waals surface area contributed by atoms with Gasteiger partial charge in [0.25, 0.3) is 0 Å². The summed E-state index contributed by atoms with van der Waals surface area (Å²) >= 11 is 5.64. The molecule has 21 heavy (non-hydrogen) atoms. The summed E-state index contributed by atoms with van der Waals surface area (Å²) in [4.78, 5) is 3.80. The van der Waals surface area contributed by atoms with E-state index in [1.54, 1.807) is 6.07 Å². The fourth-order valence-electron chi connectivity index (χ4n) is 1.66. The number of aromatic nitrogens is 3. The minimum atomic E-state index is -5.64. The number of alkyl halides is 5. The standard InChI is InChI=1S/C11H6ClF5N4/c12-8-2-1-6-7(5-18)20-21(9(6)19-8)4-3-10(13,14)11(15,16)17/h1-2H,3-4H2. The van der Waals surface area contributed by atoms with Crippen LogP contribution in [0.25, 0.3) is 11.0 Å². The number of hydrogen-bond donors (Lipinski definition) is 0. The van der Waals surface area contributed by atoms with E-state index in [4.69, 9.17) is 16.9 Å². The van der Waals surface area contributed by atoms with E-state index >= 15 is 0 Å². The zero-order valence-corrected chi connectivity index (χ0v) is 10.9. The topological polar surface area (TPSA) is 54.5 Å². The van der Waals surface area contributed by atoms with Crippen molar-refractivity contribution in [2.24, 2.45) is 0 Å². The van der Waals surface area contributed by atoms with Gasteiger partial charge in [-0.3, -0.25) is 0 Å². The molecule has 0 atom stereocenters. The number of fused-ring (bicyclic) bond motifs is 1. The number of nitrogens with zero attached hydrogens (tertiary/aromatic N) is 4. The lowest BCUT2D eigenvalue weighted by atomic mass is 10.2. The molecule has 2 heterocycles. The second-order valence-corrected chi connectivity index (χ2v) is 4.53. The lowest BCUT2D eigenvalue weighted by molar-refractivity contribution is -0.285. The van der Waals surface area contributed by atoms with E-state index in [9.17, 15) is 22.0 Å². The first kappa shape index (κ1) is 15.4. The van der Waals surface area contributed by atoms with Gasteiger partial charge in [-0.05, 0) is 12.1 Å². The molecule has 0 saturated heterocycles. The van der Waals surface area contributed by atoms with Gasteiger partial charge < -0.3 is 0 Å². The average molecular weight is 325 g/mol. The van der Waals surface area contributed by atoms with Crippen LogP contribution >= 0.6 is 11.6 Å². The number of halogens is 6. The van der Waals surface area contributed by atoms with Crippen LogP contribution in [0.4, 0.5) is 22.0 Å². The van der Waals surface area contributed by atoms with E-state index in [-0.39, 0.29) is 21.9 Å². The monoisotopic (exact) mass is 324 g/mol. The smallest absolute Gasteiger partial charge is 0.246 e. The van der Waals surface area contributed by atoms with Gasteiger partial charge in [0.05, 0.1) is 5.39 Å². The highest BCUT2D eigenvalue weighted by Crippen LogP contribution is 2.38. The fourth-order valence-corrected chi connectivity index (χ4v) is 1.80. The highest BCUT2D eigenvalue weighted by molar-refractivity contribution is 6.29. The van der Waals surface area contributed by atoms with Crippen molar-refractivity contribution in [2.45, 2.75) is 25.1 Å². The summed E-state index contributed by atoms with van der Waals surface area (Å²) in [5.41, 5.74) is -0.137.